The molecule has 0 bridgehead atoms. The average Bonchev–Trinajstić information content (AvgIpc) is 3.02. The van der Waals surface area contributed by atoms with Crippen LogP contribution in [0.15, 0.2) is 24.3 Å². The van der Waals surface area contributed by atoms with Crippen molar-refractivity contribution in [1.29, 1.82) is 0 Å². The van der Waals surface area contributed by atoms with Gasteiger partial charge < -0.3 is 9.30 Å². The number of hydrogen-bond donors (Lipinski definition) is 0. The molecule has 1 fully saturated rings. The van der Waals surface area contributed by atoms with Crippen LogP contribution in [0.25, 0.3) is 10.9 Å². The zero-order valence-corrected chi connectivity index (χ0v) is 15.8. The predicted molar refractivity (Wildman–Crippen MR) is 102 cm³/mol. The number of nitrogens with zero attached hydrogens (tertiary/aromatic N) is 2. The highest BCUT2D eigenvalue weighted by atomic mass is 16.5. The van der Waals surface area contributed by atoms with Crippen molar-refractivity contribution in [2.75, 3.05) is 19.7 Å². The summed E-state index contributed by atoms with van der Waals surface area (Å²) in [6.45, 7) is 7.02. The molecule has 3 aliphatic rings. The summed E-state index contributed by atoms with van der Waals surface area (Å²) >= 11 is 0. The molecule has 5 rings (SSSR count). The summed E-state index contributed by atoms with van der Waals surface area (Å²) in [5.74, 6) is -0.0509. The van der Waals surface area contributed by atoms with Gasteiger partial charge in [-0.05, 0) is 62.6 Å². The Hall–Kier alpha value is -1.81. The Morgan fingerprint density at radius 3 is 2.92 bits per heavy atom. The lowest BCUT2D eigenvalue weighted by atomic mass is 9.63. The maximum Gasteiger partial charge on any atom is 0.329 e. The lowest BCUT2D eigenvalue weighted by molar-refractivity contribution is -0.151. The molecule has 26 heavy (non-hydrogen) atoms. The third-order valence-electron chi connectivity index (χ3n) is 7.20. The number of carbonyl (C=O) groups excluding carboxylic acids is 1. The molecule has 0 radical (unpaired) electrons. The summed E-state index contributed by atoms with van der Waals surface area (Å²) in [7, 11) is 0. The standard InChI is InChI=1S/C22H28N2O2/c1-3-22-11-7-12-23-13-10-16-15-8-5-6-9-17(15)24(19(16)20(22)23)18(14-22)21(25)26-4-2/h5-6,8-9,18,20H,3-4,7,10-14H2,1-2H3/t18?,20-,22-/m0/s1. The summed E-state index contributed by atoms with van der Waals surface area (Å²) in [5.41, 5.74) is 4.32. The van der Waals surface area contributed by atoms with Crippen LogP contribution >= 0.6 is 0 Å². The third-order valence-corrected chi connectivity index (χ3v) is 7.20. The molecule has 0 amide bonds. The van der Waals surface area contributed by atoms with Gasteiger partial charge in [-0.2, -0.15) is 0 Å². The van der Waals surface area contributed by atoms with Crippen molar-refractivity contribution >= 4 is 16.9 Å². The lowest BCUT2D eigenvalue weighted by Crippen LogP contribution is -2.54. The van der Waals surface area contributed by atoms with E-state index >= 15 is 0 Å². The van der Waals surface area contributed by atoms with Crippen LogP contribution in [-0.2, 0) is 16.0 Å². The van der Waals surface area contributed by atoms with Crippen LogP contribution in [0, 0.1) is 5.41 Å². The van der Waals surface area contributed by atoms with E-state index in [1.807, 2.05) is 6.92 Å². The van der Waals surface area contributed by atoms with E-state index in [0.717, 1.165) is 25.8 Å². The van der Waals surface area contributed by atoms with E-state index in [4.69, 9.17) is 4.74 Å². The molecule has 1 saturated heterocycles. The summed E-state index contributed by atoms with van der Waals surface area (Å²) in [5, 5.41) is 1.34. The van der Waals surface area contributed by atoms with Crippen molar-refractivity contribution in [1.82, 2.24) is 9.47 Å². The van der Waals surface area contributed by atoms with Gasteiger partial charge in [-0.3, -0.25) is 4.90 Å². The van der Waals surface area contributed by atoms with E-state index in [9.17, 15) is 4.79 Å². The van der Waals surface area contributed by atoms with Gasteiger partial charge in [-0.1, -0.05) is 25.1 Å². The number of esters is 1. The summed E-state index contributed by atoms with van der Waals surface area (Å²) in [6.07, 6.45) is 5.60. The van der Waals surface area contributed by atoms with Crippen LogP contribution in [0.2, 0.25) is 0 Å². The second kappa shape index (κ2) is 5.85. The van der Waals surface area contributed by atoms with E-state index in [1.54, 1.807) is 0 Å². The number of piperidine rings is 1. The number of hydrogen-bond acceptors (Lipinski definition) is 3. The number of ether oxygens (including phenoxy) is 1. The normalized spacial score (nSPS) is 30.2. The van der Waals surface area contributed by atoms with Gasteiger partial charge in [0.15, 0.2) is 0 Å². The fraction of sp³-hybridized carbons (Fsp3) is 0.591. The first-order valence-corrected chi connectivity index (χ1v) is 10.2. The Labute approximate surface area is 155 Å². The van der Waals surface area contributed by atoms with Crippen LogP contribution in [0.4, 0.5) is 0 Å². The topological polar surface area (TPSA) is 34.5 Å². The third kappa shape index (κ3) is 2.02. The Bertz CT molecular complexity index is 870. The zero-order chi connectivity index (χ0) is 17.9. The molecule has 1 unspecified atom stereocenters. The van der Waals surface area contributed by atoms with Crippen molar-refractivity contribution in [2.45, 2.75) is 58.0 Å². The fourth-order valence-electron chi connectivity index (χ4n) is 6.13. The van der Waals surface area contributed by atoms with Gasteiger partial charge >= 0.3 is 5.97 Å². The Morgan fingerprint density at radius 2 is 2.12 bits per heavy atom. The second-order valence-electron chi connectivity index (χ2n) is 8.23. The van der Waals surface area contributed by atoms with Crippen LogP contribution in [-0.4, -0.2) is 35.1 Å². The maximum absolute atomic E-state index is 13.0. The van der Waals surface area contributed by atoms with Crippen molar-refractivity contribution in [2.24, 2.45) is 5.41 Å². The van der Waals surface area contributed by atoms with Crippen molar-refractivity contribution in [3.8, 4) is 0 Å². The molecule has 138 valence electrons. The summed E-state index contributed by atoms with van der Waals surface area (Å²) in [4.78, 5) is 15.7. The van der Waals surface area contributed by atoms with Crippen LogP contribution in [0.1, 0.15) is 62.9 Å². The molecular weight excluding hydrogens is 324 g/mol. The largest absolute Gasteiger partial charge is 0.464 e. The second-order valence-corrected chi connectivity index (χ2v) is 8.23. The van der Waals surface area contributed by atoms with Gasteiger partial charge in [-0.25, -0.2) is 4.79 Å². The average molecular weight is 352 g/mol. The van der Waals surface area contributed by atoms with Crippen LogP contribution in [0.3, 0.4) is 0 Å². The molecule has 0 N–H and O–H groups in total. The van der Waals surface area contributed by atoms with Gasteiger partial charge in [0.1, 0.15) is 6.04 Å². The molecular formula is C22H28N2O2. The van der Waals surface area contributed by atoms with E-state index in [0.29, 0.717) is 12.6 Å². The molecule has 4 nitrogen and oxygen atoms in total. The number of aromatic nitrogens is 1. The van der Waals surface area contributed by atoms with E-state index in [-0.39, 0.29) is 17.4 Å². The Kier molecular flexibility index (Phi) is 3.68. The smallest absolute Gasteiger partial charge is 0.329 e. The monoisotopic (exact) mass is 352 g/mol. The van der Waals surface area contributed by atoms with Gasteiger partial charge in [0.2, 0.25) is 0 Å². The molecule has 1 aromatic heterocycles. The number of benzene rings is 1. The highest BCUT2D eigenvalue weighted by Gasteiger charge is 2.54. The van der Waals surface area contributed by atoms with Crippen molar-refractivity contribution in [3.05, 3.63) is 35.5 Å². The van der Waals surface area contributed by atoms with Crippen molar-refractivity contribution in [3.63, 3.8) is 0 Å². The van der Waals surface area contributed by atoms with Crippen molar-refractivity contribution < 1.29 is 9.53 Å². The number of para-hydroxylation sites is 1. The minimum atomic E-state index is -0.183. The molecule has 1 aromatic carbocycles. The molecule has 0 spiro atoms. The predicted octanol–water partition coefficient (Wildman–Crippen LogP) is 4.24. The Morgan fingerprint density at radius 1 is 1.27 bits per heavy atom. The fourth-order valence-corrected chi connectivity index (χ4v) is 6.13. The van der Waals surface area contributed by atoms with Gasteiger partial charge in [0, 0.05) is 23.1 Å². The molecule has 3 aliphatic heterocycles. The number of fused-ring (bicyclic) bond motifs is 3. The maximum atomic E-state index is 13.0. The minimum absolute atomic E-state index is 0.0509. The molecule has 0 aliphatic carbocycles. The van der Waals surface area contributed by atoms with Crippen LogP contribution in [0.5, 0.6) is 0 Å². The summed E-state index contributed by atoms with van der Waals surface area (Å²) in [6, 6.07) is 8.93. The Balaban J connectivity index is 1.80. The van der Waals surface area contributed by atoms with Gasteiger partial charge in [0.05, 0.1) is 12.6 Å². The number of rotatable bonds is 3. The van der Waals surface area contributed by atoms with Gasteiger partial charge in [-0.15, -0.1) is 0 Å². The van der Waals surface area contributed by atoms with Crippen LogP contribution < -0.4 is 0 Å². The highest BCUT2D eigenvalue weighted by Crippen LogP contribution is 2.59. The molecule has 0 saturated carbocycles. The molecule has 4 heteroatoms. The number of carbonyl (C=O) groups is 1. The first kappa shape index (κ1) is 16.4. The minimum Gasteiger partial charge on any atom is -0.464 e. The SMILES string of the molecule is CCOC(=O)C1C[C@]2(CC)CCCN3CCc4c(n1c1ccccc41)[C@H]32. The van der Waals surface area contributed by atoms with Gasteiger partial charge in [0.25, 0.3) is 0 Å². The molecule has 4 heterocycles. The van der Waals surface area contributed by atoms with E-state index < -0.39 is 0 Å². The highest BCUT2D eigenvalue weighted by molar-refractivity contribution is 5.89. The lowest BCUT2D eigenvalue weighted by Gasteiger charge is -2.56. The quantitative estimate of drug-likeness (QED) is 0.775. The molecule has 3 atom stereocenters. The summed E-state index contributed by atoms with van der Waals surface area (Å²) < 4.78 is 7.90. The first-order valence-electron chi connectivity index (χ1n) is 10.2. The zero-order valence-electron chi connectivity index (χ0n) is 15.8. The van der Waals surface area contributed by atoms with E-state index in [1.165, 1.54) is 41.5 Å². The molecule has 2 aromatic rings. The first-order chi connectivity index (χ1) is 12.7. The van der Waals surface area contributed by atoms with E-state index in [2.05, 4.69) is 40.7 Å².